The van der Waals surface area contributed by atoms with Crippen LogP contribution in [0.2, 0.25) is 0 Å². The molecular weight excluding hydrogens is 268 g/mol. The second kappa shape index (κ2) is 7.60. The smallest absolute Gasteiger partial charge is 0.129 e. The van der Waals surface area contributed by atoms with E-state index in [1.165, 1.54) is 12.0 Å². The highest BCUT2D eigenvalue weighted by molar-refractivity contribution is 7.80. The van der Waals surface area contributed by atoms with Gasteiger partial charge in [-0.05, 0) is 44.0 Å². The Morgan fingerprint density at radius 2 is 2.00 bits per heavy atom. The van der Waals surface area contributed by atoms with Crippen molar-refractivity contribution >= 4 is 17.2 Å². The SMILES string of the molecule is COc1ccc(CN(C)C(C)CC(C)C)cc1C(N)=S. The van der Waals surface area contributed by atoms with Gasteiger partial charge in [0.05, 0.1) is 12.7 Å². The summed E-state index contributed by atoms with van der Waals surface area (Å²) in [7, 11) is 3.78. The molecule has 0 heterocycles. The Morgan fingerprint density at radius 3 is 2.50 bits per heavy atom. The van der Waals surface area contributed by atoms with Crippen molar-refractivity contribution < 1.29 is 4.74 Å². The fourth-order valence-electron chi connectivity index (χ4n) is 2.35. The van der Waals surface area contributed by atoms with Crippen molar-refractivity contribution in [3.05, 3.63) is 29.3 Å². The van der Waals surface area contributed by atoms with Gasteiger partial charge in [-0.1, -0.05) is 32.1 Å². The molecule has 0 saturated carbocycles. The maximum Gasteiger partial charge on any atom is 0.129 e. The minimum Gasteiger partial charge on any atom is -0.496 e. The average molecular weight is 294 g/mol. The standard InChI is InChI=1S/C16H26N2OS/c1-11(2)8-12(3)18(4)10-13-6-7-15(19-5)14(9-13)16(17)20/h6-7,9,11-12H,8,10H2,1-5H3,(H2,17,20). The van der Waals surface area contributed by atoms with Crippen LogP contribution in [0.25, 0.3) is 0 Å². The predicted octanol–water partition coefficient (Wildman–Crippen LogP) is 3.20. The average Bonchev–Trinajstić information content (AvgIpc) is 2.37. The van der Waals surface area contributed by atoms with E-state index in [2.05, 4.69) is 38.8 Å². The molecule has 20 heavy (non-hydrogen) atoms. The first-order valence-electron chi connectivity index (χ1n) is 7.02. The van der Waals surface area contributed by atoms with E-state index in [9.17, 15) is 0 Å². The van der Waals surface area contributed by atoms with Crippen molar-refractivity contribution in [3.8, 4) is 5.75 Å². The molecule has 0 saturated heterocycles. The summed E-state index contributed by atoms with van der Waals surface area (Å²) in [6, 6.07) is 6.58. The zero-order valence-corrected chi connectivity index (χ0v) is 14.0. The normalized spacial score (nSPS) is 12.8. The highest BCUT2D eigenvalue weighted by Crippen LogP contribution is 2.21. The lowest BCUT2D eigenvalue weighted by Gasteiger charge is -2.26. The van der Waals surface area contributed by atoms with E-state index in [0.717, 1.165) is 17.9 Å². The van der Waals surface area contributed by atoms with Gasteiger partial charge in [-0.25, -0.2) is 0 Å². The second-order valence-corrected chi connectivity index (χ2v) is 6.23. The number of thiocarbonyl (C=S) groups is 1. The van der Waals surface area contributed by atoms with Crippen LogP contribution in [0.4, 0.5) is 0 Å². The first-order chi connectivity index (χ1) is 9.35. The second-order valence-electron chi connectivity index (χ2n) is 5.79. The molecule has 1 aromatic carbocycles. The molecule has 4 heteroatoms. The van der Waals surface area contributed by atoms with Crippen LogP contribution in [0, 0.1) is 5.92 Å². The van der Waals surface area contributed by atoms with Crippen LogP contribution in [-0.4, -0.2) is 30.1 Å². The van der Waals surface area contributed by atoms with Gasteiger partial charge < -0.3 is 10.5 Å². The molecular formula is C16H26N2OS. The fraction of sp³-hybridized carbons (Fsp3) is 0.562. The number of nitrogens with zero attached hydrogens (tertiary/aromatic N) is 1. The number of methoxy groups -OCH3 is 1. The fourth-order valence-corrected chi connectivity index (χ4v) is 2.51. The molecule has 0 bridgehead atoms. The highest BCUT2D eigenvalue weighted by Gasteiger charge is 2.13. The van der Waals surface area contributed by atoms with Crippen molar-refractivity contribution in [3.63, 3.8) is 0 Å². The summed E-state index contributed by atoms with van der Waals surface area (Å²) in [5, 5.41) is 0. The number of hydrogen-bond acceptors (Lipinski definition) is 3. The van der Waals surface area contributed by atoms with E-state index in [1.807, 2.05) is 12.1 Å². The van der Waals surface area contributed by atoms with Gasteiger partial charge in [0.1, 0.15) is 10.7 Å². The van der Waals surface area contributed by atoms with Crippen LogP contribution < -0.4 is 10.5 Å². The Balaban J connectivity index is 2.82. The largest absolute Gasteiger partial charge is 0.496 e. The Bertz CT molecular complexity index is 460. The van der Waals surface area contributed by atoms with Crippen LogP contribution in [0.15, 0.2) is 18.2 Å². The zero-order chi connectivity index (χ0) is 15.3. The van der Waals surface area contributed by atoms with E-state index in [4.69, 9.17) is 22.7 Å². The first-order valence-corrected chi connectivity index (χ1v) is 7.43. The van der Waals surface area contributed by atoms with Gasteiger partial charge in [-0.2, -0.15) is 0 Å². The maximum absolute atomic E-state index is 5.75. The lowest BCUT2D eigenvalue weighted by atomic mass is 10.0. The lowest BCUT2D eigenvalue weighted by Crippen LogP contribution is -2.29. The third-order valence-electron chi connectivity index (χ3n) is 3.53. The molecule has 1 unspecified atom stereocenters. The molecule has 0 fully saturated rings. The molecule has 0 aromatic heterocycles. The van der Waals surface area contributed by atoms with Crippen molar-refractivity contribution in [2.45, 2.75) is 39.8 Å². The molecule has 112 valence electrons. The van der Waals surface area contributed by atoms with E-state index in [1.54, 1.807) is 7.11 Å². The van der Waals surface area contributed by atoms with Crippen LogP contribution in [0.3, 0.4) is 0 Å². The minimum absolute atomic E-state index is 0.376. The predicted molar refractivity (Wildman–Crippen MR) is 89.3 cm³/mol. The Morgan fingerprint density at radius 1 is 1.35 bits per heavy atom. The Kier molecular flexibility index (Phi) is 6.43. The molecule has 3 nitrogen and oxygen atoms in total. The minimum atomic E-state index is 0.376. The molecule has 1 atom stereocenters. The van der Waals surface area contributed by atoms with Crippen molar-refractivity contribution in [1.82, 2.24) is 4.90 Å². The summed E-state index contributed by atoms with van der Waals surface area (Å²) >= 11 is 5.08. The molecule has 2 N–H and O–H groups in total. The number of benzene rings is 1. The lowest BCUT2D eigenvalue weighted by molar-refractivity contribution is 0.220. The molecule has 0 radical (unpaired) electrons. The molecule has 0 spiro atoms. The molecule has 1 rings (SSSR count). The first kappa shape index (κ1) is 16.9. The van der Waals surface area contributed by atoms with E-state index >= 15 is 0 Å². The monoisotopic (exact) mass is 294 g/mol. The quantitative estimate of drug-likeness (QED) is 0.784. The van der Waals surface area contributed by atoms with Gasteiger partial charge in [-0.3, -0.25) is 4.90 Å². The van der Waals surface area contributed by atoms with Crippen LogP contribution in [0.1, 0.15) is 38.3 Å². The van der Waals surface area contributed by atoms with Gasteiger partial charge in [0.15, 0.2) is 0 Å². The van der Waals surface area contributed by atoms with Crippen molar-refractivity contribution in [2.75, 3.05) is 14.2 Å². The number of rotatable bonds is 7. The summed E-state index contributed by atoms with van der Waals surface area (Å²) in [4.78, 5) is 2.73. The van der Waals surface area contributed by atoms with Crippen LogP contribution in [0.5, 0.6) is 5.75 Å². The zero-order valence-electron chi connectivity index (χ0n) is 13.1. The summed E-state index contributed by atoms with van der Waals surface area (Å²) in [5.41, 5.74) is 7.76. The number of ether oxygens (including phenoxy) is 1. The van der Waals surface area contributed by atoms with E-state index in [-0.39, 0.29) is 0 Å². The topological polar surface area (TPSA) is 38.5 Å². The molecule has 0 aliphatic carbocycles. The maximum atomic E-state index is 5.75. The van der Waals surface area contributed by atoms with Gasteiger partial charge in [0.2, 0.25) is 0 Å². The third kappa shape index (κ3) is 4.76. The van der Waals surface area contributed by atoms with Gasteiger partial charge >= 0.3 is 0 Å². The van der Waals surface area contributed by atoms with Crippen LogP contribution in [-0.2, 0) is 6.54 Å². The molecule has 0 amide bonds. The molecule has 1 aromatic rings. The van der Waals surface area contributed by atoms with E-state index in [0.29, 0.717) is 16.9 Å². The van der Waals surface area contributed by atoms with Crippen molar-refractivity contribution in [1.29, 1.82) is 0 Å². The molecule has 0 aliphatic heterocycles. The van der Waals surface area contributed by atoms with Gasteiger partial charge in [-0.15, -0.1) is 0 Å². The number of hydrogen-bond donors (Lipinski definition) is 1. The van der Waals surface area contributed by atoms with Crippen molar-refractivity contribution in [2.24, 2.45) is 11.7 Å². The van der Waals surface area contributed by atoms with Gasteiger partial charge in [0.25, 0.3) is 0 Å². The summed E-state index contributed by atoms with van der Waals surface area (Å²) in [6.45, 7) is 7.65. The number of nitrogens with two attached hydrogens (primary N) is 1. The summed E-state index contributed by atoms with van der Waals surface area (Å²) < 4.78 is 5.29. The summed E-state index contributed by atoms with van der Waals surface area (Å²) in [6.07, 6.45) is 1.19. The summed E-state index contributed by atoms with van der Waals surface area (Å²) in [5.74, 6) is 1.44. The van der Waals surface area contributed by atoms with Gasteiger partial charge in [0, 0.05) is 12.6 Å². The molecule has 0 aliphatic rings. The Hall–Kier alpha value is -1.13. The third-order valence-corrected chi connectivity index (χ3v) is 3.75. The van der Waals surface area contributed by atoms with E-state index < -0.39 is 0 Å². The van der Waals surface area contributed by atoms with Crippen LogP contribution >= 0.6 is 12.2 Å². The highest BCUT2D eigenvalue weighted by atomic mass is 32.1. The Labute approximate surface area is 128 Å².